The number of nitrogens with zero attached hydrogens (tertiary/aromatic N) is 4. The molecule has 0 spiro atoms. The number of amides is 2. The van der Waals surface area contributed by atoms with Gasteiger partial charge in [-0.15, -0.1) is 0 Å². The first-order valence-corrected chi connectivity index (χ1v) is 17.4. The Bertz CT molecular complexity index is 1670. The molecule has 1 fully saturated rings. The van der Waals surface area contributed by atoms with Crippen molar-refractivity contribution in [3.8, 4) is 0 Å². The molecule has 4 aromatic rings. The summed E-state index contributed by atoms with van der Waals surface area (Å²) in [5.41, 5.74) is 3.72. The monoisotopic (exact) mass is 682 g/mol. The Morgan fingerprint density at radius 3 is 2.14 bits per heavy atom. The Morgan fingerprint density at radius 2 is 1.50 bits per heavy atom. The molecule has 50 heavy (non-hydrogen) atoms. The molecule has 1 atom stereocenters. The van der Waals surface area contributed by atoms with Gasteiger partial charge in [-0.25, -0.2) is 0 Å². The van der Waals surface area contributed by atoms with Crippen LogP contribution in [0.4, 0.5) is 13.2 Å². The minimum absolute atomic E-state index is 0.126. The first kappa shape index (κ1) is 36.5. The van der Waals surface area contributed by atoms with Gasteiger partial charge < -0.3 is 9.80 Å². The molecule has 6 nitrogen and oxygen atoms in total. The van der Waals surface area contributed by atoms with Gasteiger partial charge in [-0.2, -0.15) is 13.2 Å². The molecule has 1 saturated heterocycles. The molecular formula is C41H45F3N4O2. The summed E-state index contributed by atoms with van der Waals surface area (Å²) in [6, 6.07) is 27.6. The smallest absolute Gasteiger partial charge is 0.338 e. The summed E-state index contributed by atoms with van der Waals surface area (Å²) in [6.45, 7) is 5.48. The fourth-order valence-corrected chi connectivity index (χ4v) is 6.20. The van der Waals surface area contributed by atoms with Crippen LogP contribution in [0.1, 0.15) is 59.7 Å². The molecule has 2 amide bonds. The van der Waals surface area contributed by atoms with Gasteiger partial charge in [0.25, 0.3) is 0 Å². The van der Waals surface area contributed by atoms with Crippen molar-refractivity contribution < 1.29 is 22.8 Å². The third kappa shape index (κ3) is 10.6. The van der Waals surface area contributed by atoms with E-state index in [9.17, 15) is 22.8 Å². The molecule has 0 saturated carbocycles. The second kappa shape index (κ2) is 17.8. The summed E-state index contributed by atoms with van der Waals surface area (Å²) in [5.74, 6) is -0.515. The van der Waals surface area contributed by atoms with Crippen LogP contribution in [-0.4, -0.2) is 63.7 Å². The number of aryl methyl sites for hydroxylation is 1. The van der Waals surface area contributed by atoms with Crippen LogP contribution in [0, 0.1) is 0 Å². The number of carbonyl (C=O) groups excluding carboxylic acids is 2. The van der Waals surface area contributed by atoms with Gasteiger partial charge in [0.05, 0.1) is 11.3 Å². The standard InChI is InChI=1S/C41H45F3N4O2/c1-2-3-5-10-32-14-16-35(17-15-32)30-48(39(49)23-20-33-18-21-36(22-19-33)41(42,43)44)38(29-34-11-6-4-7-12-34)40(50)47-27-25-46(26-28-47)31-37-13-8-9-24-45-37/h4,6-9,11-24,38H,2-3,5,10,25-31H2,1H3. The second-order valence-electron chi connectivity index (χ2n) is 12.8. The molecule has 1 aromatic heterocycles. The summed E-state index contributed by atoms with van der Waals surface area (Å²) in [7, 11) is 0. The van der Waals surface area contributed by atoms with E-state index in [-0.39, 0.29) is 18.4 Å². The molecular weight excluding hydrogens is 637 g/mol. The molecule has 5 rings (SSSR count). The van der Waals surface area contributed by atoms with Gasteiger partial charge in [0.1, 0.15) is 6.04 Å². The molecule has 1 unspecified atom stereocenters. The Morgan fingerprint density at radius 1 is 0.820 bits per heavy atom. The van der Waals surface area contributed by atoms with E-state index in [1.807, 2.05) is 65.6 Å². The van der Waals surface area contributed by atoms with E-state index in [0.717, 1.165) is 54.6 Å². The van der Waals surface area contributed by atoms with Crippen molar-refractivity contribution >= 4 is 17.9 Å². The van der Waals surface area contributed by atoms with Crippen LogP contribution in [0.15, 0.2) is 109 Å². The molecule has 262 valence electrons. The number of piperazine rings is 1. The Kier molecular flexibility index (Phi) is 13.0. The Hall–Kier alpha value is -4.76. The lowest BCUT2D eigenvalue weighted by Gasteiger charge is -2.39. The fraction of sp³-hybridized carbons (Fsp3) is 0.341. The lowest BCUT2D eigenvalue weighted by Crippen LogP contribution is -2.56. The maximum atomic E-state index is 14.5. The zero-order chi connectivity index (χ0) is 35.3. The van der Waals surface area contributed by atoms with Gasteiger partial charge >= 0.3 is 6.18 Å². The van der Waals surface area contributed by atoms with E-state index in [1.54, 1.807) is 11.1 Å². The van der Waals surface area contributed by atoms with Gasteiger partial charge in [-0.3, -0.25) is 19.5 Å². The summed E-state index contributed by atoms with van der Waals surface area (Å²) in [6.07, 6.45) is 4.91. The van der Waals surface area contributed by atoms with E-state index in [2.05, 4.69) is 28.9 Å². The van der Waals surface area contributed by atoms with Crippen LogP contribution in [0.3, 0.4) is 0 Å². The maximum Gasteiger partial charge on any atom is 0.416 e. The van der Waals surface area contributed by atoms with Gasteiger partial charge in [0.2, 0.25) is 11.8 Å². The van der Waals surface area contributed by atoms with E-state index in [1.165, 1.54) is 29.8 Å². The summed E-state index contributed by atoms with van der Waals surface area (Å²) in [4.78, 5) is 38.8. The topological polar surface area (TPSA) is 56.8 Å². The largest absolute Gasteiger partial charge is 0.416 e. The number of rotatable bonds is 14. The van der Waals surface area contributed by atoms with Crippen molar-refractivity contribution in [1.29, 1.82) is 0 Å². The number of carbonyl (C=O) groups is 2. The van der Waals surface area contributed by atoms with Gasteiger partial charge in [0.15, 0.2) is 0 Å². The van der Waals surface area contributed by atoms with Crippen LogP contribution in [-0.2, 0) is 41.7 Å². The minimum Gasteiger partial charge on any atom is -0.338 e. The lowest BCUT2D eigenvalue weighted by molar-refractivity contribution is -0.145. The quantitative estimate of drug-likeness (QED) is 0.101. The fourth-order valence-electron chi connectivity index (χ4n) is 6.20. The van der Waals surface area contributed by atoms with Crippen LogP contribution >= 0.6 is 0 Å². The number of halogens is 3. The third-order valence-corrected chi connectivity index (χ3v) is 9.11. The molecule has 0 bridgehead atoms. The highest BCUT2D eigenvalue weighted by Crippen LogP contribution is 2.29. The third-order valence-electron chi connectivity index (χ3n) is 9.11. The molecule has 9 heteroatoms. The van der Waals surface area contributed by atoms with Crippen LogP contribution in [0.25, 0.3) is 6.08 Å². The number of aromatic nitrogens is 1. The van der Waals surface area contributed by atoms with Crippen LogP contribution < -0.4 is 0 Å². The number of hydrogen-bond acceptors (Lipinski definition) is 4. The zero-order valence-electron chi connectivity index (χ0n) is 28.6. The second-order valence-corrected chi connectivity index (χ2v) is 12.8. The molecule has 1 aliphatic rings. The average molecular weight is 683 g/mol. The highest BCUT2D eigenvalue weighted by atomic mass is 19.4. The number of hydrogen-bond donors (Lipinski definition) is 0. The highest BCUT2D eigenvalue weighted by Gasteiger charge is 2.34. The van der Waals surface area contributed by atoms with Crippen LogP contribution in [0.2, 0.25) is 0 Å². The maximum absolute atomic E-state index is 14.5. The van der Waals surface area contributed by atoms with Crippen molar-refractivity contribution in [2.45, 2.75) is 64.3 Å². The van der Waals surface area contributed by atoms with Crippen molar-refractivity contribution in [3.05, 3.63) is 143 Å². The first-order chi connectivity index (χ1) is 24.2. The normalized spacial score (nSPS) is 14.5. The van der Waals surface area contributed by atoms with E-state index in [4.69, 9.17) is 0 Å². The SMILES string of the molecule is CCCCCc1ccc(CN(C(=O)C=Cc2ccc(C(F)(F)F)cc2)C(Cc2ccccc2)C(=O)N2CCN(Cc3ccccn3)CC2)cc1. The zero-order valence-corrected chi connectivity index (χ0v) is 28.6. The molecule has 0 aliphatic carbocycles. The van der Waals surface area contributed by atoms with Gasteiger partial charge in [-0.1, -0.05) is 92.6 Å². The highest BCUT2D eigenvalue weighted by molar-refractivity contribution is 5.95. The van der Waals surface area contributed by atoms with Crippen molar-refractivity contribution in [2.24, 2.45) is 0 Å². The molecule has 0 radical (unpaired) electrons. The summed E-state index contributed by atoms with van der Waals surface area (Å²) in [5, 5.41) is 0. The average Bonchev–Trinajstić information content (AvgIpc) is 3.13. The van der Waals surface area contributed by atoms with Crippen LogP contribution in [0.5, 0.6) is 0 Å². The molecule has 2 heterocycles. The van der Waals surface area contributed by atoms with E-state index >= 15 is 0 Å². The van der Waals surface area contributed by atoms with Gasteiger partial charge in [0, 0.05) is 58.0 Å². The predicted molar refractivity (Wildman–Crippen MR) is 191 cm³/mol. The summed E-state index contributed by atoms with van der Waals surface area (Å²) < 4.78 is 39.4. The van der Waals surface area contributed by atoms with Crippen molar-refractivity contribution in [3.63, 3.8) is 0 Å². The van der Waals surface area contributed by atoms with Gasteiger partial charge in [-0.05, 0) is 65.4 Å². The van der Waals surface area contributed by atoms with E-state index < -0.39 is 17.8 Å². The number of benzene rings is 3. The number of alkyl halides is 3. The number of pyridine rings is 1. The van der Waals surface area contributed by atoms with Crippen molar-refractivity contribution in [2.75, 3.05) is 26.2 Å². The predicted octanol–water partition coefficient (Wildman–Crippen LogP) is 7.83. The Labute approximate surface area is 293 Å². The lowest BCUT2D eigenvalue weighted by atomic mass is 10.0. The molecule has 0 N–H and O–H groups in total. The molecule has 3 aromatic carbocycles. The number of unbranched alkanes of at least 4 members (excludes halogenated alkanes) is 2. The molecule has 1 aliphatic heterocycles. The van der Waals surface area contributed by atoms with Crippen molar-refractivity contribution in [1.82, 2.24) is 19.7 Å². The summed E-state index contributed by atoms with van der Waals surface area (Å²) >= 11 is 0. The minimum atomic E-state index is -4.45. The first-order valence-electron chi connectivity index (χ1n) is 17.4. The Balaban J connectivity index is 1.40. The van der Waals surface area contributed by atoms with E-state index in [0.29, 0.717) is 44.7 Å².